The van der Waals surface area contributed by atoms with E-state index in [0.29, 0.717) is 0 Å². The van der Waals surface area contributed by atoms with E-state index in [2.05, 4.69) is 6.92 Å². The molecule has 1 unspecified atom stereocenters. The van der Waals surface area contributed by atoms with Crippen molar-refractivity contribution in [3.05, 3.63) is 23.3 Å². The molecule has 0 aliphatic carbocycles. The van der Waals surface area contributed by atoms with Crippen LogP contribution in [0.15, 0.2) is 17.0 Å². The first-order valence-electron chi connectivity index (χ1n) is 6.15. The Morgan fingerprint density at radius 1 is 1.56 bits per heavy atom. The molecule has 0 aromatic heterocycles. The van der Waals surface area contributed by atoms with Gasteiger partial charge in [-0.15, -0.1) is 11.8 Å². The molecule has 1 heterocycles. The molecule has 0 bridgehead atoms. The minimum absolute atomic E-state index is 0.112. The monoisotopic (exact) mass is 266 g/mol. The van der Waals surface area contributed by atoms with E-state index in [0.717, 1.165) is 29.9 Å². The largest absolute Gasteiger partial charge is 0.497 e. The second kappa shape index (κ2) is 5.65. The van der Waals surface area contributed by atoms with Crippen LogP contribution < -0.4 is 4.74 Å². The summed E-state index contributed by atoms with van der Waals surface area (Å²) >= 11 is 1.84. The molecule has 18 heavy (non-hydrogen) atoms. The van der Waals surface area contributed by atoms with Gasteiger partial charge in [0.1, 0.15) is 5.75 Å². The smallest absolute Gasteiger partial charge is 0.303 e. The van der Waals surface area contributed by atoms with E-state index >= 15 is 0 Å². The predicted molar refractivity (Wildman–Crippen MR) is 72.7 cm³/mol. The van der Waals surface area contributed by atoms with Gasteiger partial charge < -0.3 is 9.84 Å². The van der Waals surface area contributed by atoms with Crippen molar-refractivity contribution in [2.45, 2.75) is 37.0 Å². The molecule has 0 saturated carbocycles. The third-order valence-electron chi connectivity index (χ3n) is 3.32. The van der Waals surface area contributed by atoms with Gasteiger partial charge in [0, 0.05) is 4.90 Å². The van der Waals surface area contributed by atoms with E-state index in [1.165, 1.54) is 10.5 Å². The minimum atomic E-state index is -0.724. The molecule has 4 heteroatoms. The standard InChI is InChI=1S/C14H18O3S/c1-9-6-11(17-2)8-12-10(7-13(15)16)4-3-5-18-14(9)12/h6,8,10H,3-5,7H2,1-2H3,(H,15,16). The lowest BCUT2D eigenvalue weighted by Crippen LogP contribution is -2.07. The second-order valence-corrected chi connectivity index (χ2v) is 5.75. The molecule has 1 atom stereocenters. The van der Waals surface area contributed by atoms with Crippen LogP contribution >= 0.6 is 11.8 Å². The molecule has 98 valence electrons. The zero-order valence-corrected chi connectivity index (χ0v) is 11.5. The van der Waals surface area contributed by atoms with Crippen molar-refractivity contribution in [1.29, 1.82) is 0 Å². The van der Waals surface area contributed by atoms with E-state index in [1.807, 2.05) is 23.9 Å². The normalized spacial score (nSPS) is 18.9. The van der Waals surface area contributed by atoms with Crippen LogP contribution in [0.2, 0.25) is 0 Å². The molecule has 1 aliphatic rings. The summed E-state index contributed by atoms with van der Waals surface area (Å²) in [6.07, 6.45) is 2.22. The molecule has 0 radical (unpaired) electrons. The van der Waals surface area contributed by atoms with Crippen molar-refractivity contribution in [3.63, 3.8) is 0 Å². The zero-order valence-electron chi connectivity index (χ0n) is 10.7. The van der Waals surface area contributed by atoms with Gasteiger partial charge in [0.05, 0.1) is 13.5 Å². The molecule has 0 saturated heterocycles. The number of rotatable bonds is 3. The van der Waals surface area contributed by atoms with Crippen molar-refractivity contribution in [2.75, 3.05) is 12.9 Å². The van der Waals surface area contributed by atoms with E-state index < -0.39 is 5.97 Å². The first-order valence-corrected chi connectivity index (χ1v) is 7.13. The maximum absolute atomic E-state index is 11.0. The highest BCUT2D eigenvalue weighted by Crippen LogP contribution is 2.41. The molecule has 2 rings (SSSR count). The fraction of sp³-hybridized carbons (Fsp3) is 0.500. The van der Waals surface area contributed by atoms with Crippen molar-refractivity contribution < 1.29 is 14.6 Å². The molecule has 1 aromatic rings. The van der Waals surface area contributed by atoms with Gasteiger partial charge >= 0.3 is 5.97 Å². The van der Waals surface area contributed by atoms with Gasteiger partial charge in [-0.3, -0.25) is 4.79 Å². The number of carboxylic acids is 1. The highest BCUT2D eigenvalue weighted by Gasteiger charge is 2.23. The summed E-state index contributed by atoms with van der Waals surface area (Å²) in [4.78, 5) is 12.2. The molecule has 0 amide bonds. The van der Waals surface area contributed by atoms with Crippen LogP contribution in [0.25, 0.3) is 0 Å². The van der Waals surface area contributed by atoms with Gasteiger partial charge in [-0.1, -0.05) is 0 Å². The number of aryl methyl sites for hydroxylation is 1. The van der Waals surface area contributed by atoms with Gasteiger partial charge in [-0.2, -0.15) is 0 Å². The van der Waals surface area contributed by atoms with Crippen molar-refractivity contribution in [2.24, 2.45) is 0 Å². The molecule has 0 spiro atoms. The van der Waals surface area contributed by atoms with Crippen LogP contribution in [0.5, 0.6) is 5.75 Å². The Kier molecular flexibility index (Phi) is 4.17. The van der Waals surface area contributed by atoms with Crippen LogP contribution in [0.1, 0.15) is 36.3 Å². The van der Waals surface area contributed by atoms with Crippen LogP contribution in [0, 0.1) is 6.92 Å². The zero-order chi connectivity index (χ0) is 13.1. The van der Waals surface area contributed by atoms with E-state index in [1.54, 1.807) is 7.11 Å². The van der Waals surface area contributed by atoms with Crippen molar-refractivity contribution in [3.8, 4) is 5.75 Å². The summed E-state index contributed by atoms with van der Waals surface area (Å²) in [5.74, 6) is 1.28. The molecule has 0 fully saturated rings. The summed E-state index contributed by atoms with van der Waals surface area (Å²) in [7, 11) is 1.65. The maximum atomic E-state index is 11.0. The molecular formula is C14H18O3S. The van der Waals surface area contributed by atoms with Gasteiger partial charge in [0.2, 0.25) is 0 Å². The Balaban J connectivity index is 2.44. The lowest BCUT2D eigenvalue weighted by Gasteiger charge is -2.18. The lowest BCUT2D eigenvalue weighted by atomic mass is 9.90. The van der Waals surface area contributed by atoms with Crippen molar-refractivity contribution in [1.82, 2.24) is 0 Å². The molecule has 1 N–H and O–H groups in total. The molecule has 1 aromatic carbocycles. The first-order chi connectivity index (χ1) is 8.61. The fourth-order valence-electron chi connectivity index (χ4n) is 2.47. The van der Waals surface area contributed by atoms with Crippen LogP contribution in [-0.2, 0) is 4.79 Å². The summed E-state index contributed by atoms with van der Waals surface area (Å²) in [6, 6.07) is 4.03. The first kappa shape index (κ1) is 13.3. The Labute approximate surface area is 112 Å². The number of fused-ring (bicyclic) bond motifs is 1. The topological polar surface area (TPSA) is 46.5 Å². The van der Waals surface area contributed by atoms with Gasteiger partial charge in [0.15, 0.2) is 0 Å². The number of methoxy groups -OCH3 is 1. The Bertz CT molecular complexity index is 457. The average molecular weight is 266 g/mol. The summed E-state index contributed by atoms with van der Waals surface area (Å²) in [6.45, 7) is 2.07. The third kappa shape index (κ3) is 2.80. The molecule has 1 aliphatic heterocycles. The molecule has 3 nitrogen and oxygen atoms in total. The lowest BCUT2D eigenvalue weighted by molar-refractivity contribution is -0.137. The van der Waals surface area contributed by atoms with Gasteiger partial charge in [0.25, 0.3) is 0 Å². The number of ether oxygens (including phenoxy) is 1. The fourth-order valence-corrected chi connectivity index (χ4v) is 3.66. The predicted octanol–water partition coefficient (Wildman–Crippen LogP) is 3.45. The summed E-state index contributed by atoms with van der Waals surface area (Å²) in [5, 5.41) is 9.04. The number of benzene rings is 1. The van der Waals surface area contributed by atoms with Gasteiger partial charge in [-0.25, -0.2) is 0 Å². The number of hydrogen-bond acceptors (Lipinski definition) is 3. The maximum Gasteiger partial charge on any atom is 0.303 e. The quantitative estimate of drug-likeness (QED) is 0.910. The number of aliphatic carboxylic acids is 1. The van der Waals surface area contributed by atoms with Crippen LogP contribution in [0.3, 0.4) is 0 Å². The third-order valence-corrected chi connectivity index (χ3v) is 4.66. The number of carboxylic acid groups (broad SMARTS) is 1. The molecular weight excluding hydrogens is 248 g/mol. The Morgan fingerprint density at radius 3 is 3.00 bits per heavy atom. The Morgan fingerprint density at radius 2 is 2.33 bits per heavy atom. The van der Waals surface area contributed by atoms with E-state index in [-0.39, 0.29) is 12.3 Å². The highest BCUT2D eigenvalue weighted by molar-refractivity contribution is 7.99. The van der Waals surface area contributed by atoms with Crippen LogP contribution in [-0.4, -0.2) is 23.9 Å². The number of hydrogen-bond donors (Lipinski definition) is 1. The summed E-state index contributed by atoms with van der Waals surface area (Å²) < 4.78 is 5.30. The SMILES string of the molecule is COc1cc(C)c2c(c1)C(CC(=O)O)CCCS2. The van der Waals surface area contributed by atoms with E-state index in [4.69, 9.17) is 9.84 Å². The number of carbonyl (C=O) groups is 1. The average Bonchev–Trinajstić information content (AvgIpc) is 2.52. The highest BCUT2D eigenvalue weighted by atomic mass is 32.2. The van der Waals surface area contributed by atoms with Gasteiger partial charge in [-0.05, 0) is 54.7 Å². The number of thioether (sulfide) groups is 1. The summed E-state index contributed by atoms with van der Waals surface area (Å²) in [5.41, 5.74) is 2.34. The van der Waals surface area contributed by atoms with E-state index in [9.17, 15) is 4.79 Å². The minimum Gasteiger partial charge on any atom is -0.497 e. The van der Waals surface area contributed by atoms with Crippen molar-refractivity contribution >= 4 is 17.7 Å². The second-order valence-electron chi connectivity index (χ2n) is 4.65. The van der Waals surface area contributed by atoms with Crippen LogP contribution in [0.4, 0.5) is 0 Å². The Hall–Kier alpha value is -1.16.